The van der Waals surface area contributed by atoms with Gasteiger partial charge < -0.3 is 29.0 Å². The molecule has 0 aliphatic carbocycles. The molecule has 0 unspecified atom stereocenters. The van der Waals surface area contributed by atoms with Crippen molar-refractivity contribution in [3.05, 3.63) is 83.2 Å². The molecule has 1 atom stereocenters. The summed E-state index contributed by atoms with van der Waals surface area (Å²) in [5.74, 6) is 0.785. The minimum absolute atomic E-state index is 0.0218. The smallest absolute Gasteiger partial charge is 0.295 e. The van der Waals surface area contributed by atoms with E-state index in [0.717, 1.165) is 12.0 Å². The average molecular weight is 559 g/mol. The zero-order valence-electron chi connectivity index (χ0n) is 23.5. The number of aliphatic hydroxyl groups is 1. The van der Waals surface area contributed by atoms with Crippen molar-refractivity contribution in [1.82, 2.24) is 9.88 Å². The van der Waals surface area contributed by atoms with Gasteiger partial charge in [0.1, 0.15) is 19.0 Å². The first-order valence-electron chi connectivity index (χ1n) is 13.8. The van der Waals surface area contributed by atoms with E-state index in [9.17, 15) is 14.7 Å². The highest BCUT2D eigenvalue weighted by Crippen LogP contribution is 2.43. The van der Waals surface area contributed by atoms with Crippen molar-refractivity contribution in [3.8, 4) is 23.0 Å². The Morgan fingerprint density at radius 2 is 1.85 bits per heavy atom. The van der Waals surface area contributed by atoms with Gasteiger partial charge in [-0.25, -0.2) is 0 Å². The van der Waals surface area contributed by atoms with Crippen LogP contribution in [0, 0.1) is 5.92 Å². The zero-order chi connectivity index (χ0) is 28.9. The van der Waals surface area contributed by atoms with Gasteiger partial charge in [-0.3, -0.25) is 14.6 Å². The molecule has 2 aliphatic heterocycles. The van der Waals surface area contributed by atoms with Crippen molar-refractivity contribution in [1.29, 1.82) is 0 Å². The van der Waals surface area contributed by atoms with Crippen LogP contribution in [-0.2, 0) is 16.1 Å². The van der Waals surface area contributed by atoms with Gasteiger partial charge in [0.2, 0.25) is 0 Å². The number of aliphatic hydroxyl groups excluding tert-OH is 1. The fourth-order valence-electron chi connectivity index (χ4n) is 4.91. The van der Waals surface area contributed by atoms with Crippen molar-refractivity contribution < 1.29 is 33.6 Å². The van der Waals surface area contributed by atoms with Crippen LogP contribution in [-0.4, -0.2) is 53.1 Å². The molecule has 214 valence electrons. The first-order valence-corrected chi connectivity index (χ1v) is 13.8. The number of aromatic nitrogens is 1. The number of hydrogen-bond donors (Lipinski definition) is 1. The Bertz CT molecular complexity index is 1450. The summed E-state index contributed by atoms with van der Waals surface area (Å²) in [6.07, 6.45) is 4.17. The van der Waals surface area contributed by atoms with Crippen LogP contribution < -0.4 is 18.9 Å². The fourth-order valence-corrected chi connectivity index (χ4v) is 4.91. The number of ketones is 1. The maximum Gasteiger partial charge on any atom is 0.295 e. The Balaban J connectivity index is 1.60. The first kappa shape index (κ1) is 28.0. The lowest BCUT2D eigenvalue weighted by molar-refractivity contribution is -0.140. The van der Waals surface area contributed by atoms with Crippen LogP contribution in [0.1, 0.15) is 49.9 Å². The SMILES string of the molecule is CCOc1cc([C@H]2C(=C(O)c3ccc4c(c3)OCCO4)C(=O)C(=O)N2Cc2cccnc2)ccc1OCCC(C)C. The van der Waals surface area contributed by atoms with Gasteiger partial charge in [-0.1, -0.05) is 26.0 Å². The number of carbonyl (C=O) groups excluding carboxylic acids is 2. The second-order valence-electron chi connectivity index (χ2n) is 10.3. The topological polar surface area (TPSA) is 107 Å². The number of hydrogen-bond acceptors (Lipinski definition) is 8. The Kier molecular flexibility index (Phi) is 8.42. The van der Waals surface area contributed by atoms with Crippen LogP contribution >= 0.6 is 0 Å². The second kappa shape index (κ2) is 12.3. The summed E-state index contributed by atoms with van der Waals surface area (Å²) in [4.78, 5) is 32.6. The minimum Gasteiger partial charge on any atom is -0.507 e. The molecule has 2 aliphatic rings. The lowest BCUT2D eigenvalue weighted by Gasteiger charge is -2.26. The van der Waals surface area contributed by atoms with Crippen LogP contribution in [0.3, 0.4) is 0 Å². The highest BCUT2D eigenvalue weighted by atomic mass is 16.6. The summed E-state index contributed by atoms with van der Waals surface area (Å²) >= 11 is 0. The molecule has 3 aromatic rings. The minimum atomic E-state index is -0.882. The number of Topliss-reactive ketones (excluding diaryl/α,β-unsaturated/α-hetero) is 1. The number of pyridine rings is 1. The van der Waals surface area contributed by atoms with Gasteiger partial charge in [0.25, 0.3) is 11.7 Å². The van der Waals surface area contributed by atoms with Gasteiger partial charge in [0.05, 0.1) is 24.8 Å². The highest BCUT2D eigenvalue weighted by Gasteiger charge is 2.46. The number of nitrogens with zero attached hydrogens (tertiary/aromatic N) is 2. The molecule has 0 radical (unpaired) electrons. The van der Waals surface area contributed by atoms with Crippen molar-refractivity contribution >= 4 is 17.4 Å². The number of rotatable bonds is 10. The number of likely N-dealkylation sites (tertiary alicyclic amines) is 1. The van der Waals surface area contributed by atoms with Crippen LogP contribution in [0.2, 0.25) is 0 Å². The average Bonchev–Trinajstić information content (AvgIpc) is 3.22. The zero-order valence-corrected chi connectivity index (χ0v) is 23.5. The van der Waals surface area contributed by atoms with E-state index in [-0.39, 0.29) is 17.9 Å². The molecule has 0 bridgehead atoms. The van der Waals surface area contributed by atoms with Crippen LogP contribution in [0.25, 0.3) is 5.76 Å². The molecule has 1 N–H and O–H groups in total. The van der Waals surface area contributed by atoms with E-state index in [4.69, 9.17) is 18.9 Å². The largest absolute Gasteiger partial charge is 0.507 e. The maximum atomic E-state index is 13.5. The Morgan fingerprint density at radius 1 is 1.05 bits per heavy atom. The Morgan fingerprint density at radius 3 is 2.59 bits per heavy atom. The molecule has 0 saturated carbocycles. The Hall–Kier alpha value is -4.53. The molecule has 41 heavy (non-hydrogen) atoms. The summed E-state index contributed by atoms with van der Waals surface area (Å²) in [6, 6.07) is 13.0. The van der Waals surface area contributed by atoms with Gasteiger partial charge in [-0.05, 0) is 66.8 Å². The number of benzene rings is 2. The summed E-state index contributed by atoms with van der Waals surface area (Å²) < 4.78 is 23.2. The van der Waals surface area contributed by atoms with Gasteiger partial charge in [0.15, 0.2) is 23.0 Å². The Labute approximate surface area is 239 Å². The summed E-state index contributed by atoms with van der Waals surface area (Å²) in [6.45, 7) is 7.98. The number of carbonyl (C=O) groups is 2. The van der Waals surface area contributed by atoms with Crippen LogP contribution in [0.5, 0.6) is 23.0 Å². The third kappa shape index (κ3) is 5.99. The monoisotopic (exact) mass is 558 g/mol. The summed E-state index contributed by atoms with van der Waals surface area (Å²) in [5.41, 5.74) is 1.67. The van der Waals surface area contributed by atoms with Gasteiger partial charge in [-0.2, -0.15) is 0 Å². The predicted octanol–water partition coefficient (Wildman–Crippen LogP) is 5.30. The number of fused-ring (bicyclic) bond motifs is 1. The summed E-state index contributed by atoms with van der Waals surface area (Å²) in [7, 11) is 0. The number of ether oxygens (including phenoxy) is 4. The van der Waals surface area contributed by atoms with E-state index in [1.807, 2.05) is 13.0 Å². The molecule has 2 aromatic carbocycles. The van der Waals surface area contributed by atoms with E-state index < -0.39 is 17.7 Å². The molecular weight excluding hydrogens is 524 g/mol. The molecule has 1 fully saturated rings. The molecule has 1 aromatic heterocycles. The lowest BCUT2D eigenvalue weighted by Crippen LogP contribution is -2.29. The fraction of sp³-hybridized carbons (Fsp3) is 0.344. The predicted molar refractivity (Wildman–Crippen MR) is 152 cm³/mol. The van der Waals surface area contributed by atoms with Crippen LogP contribution in [0.4, 0.5) is 0 Å². The van der Waals surface area contributed by atoms with E-state index in [2.05, 4.69) is 18.8 Å². The molecule has 5 rings (SSSR count). The molecule has 1 amide bonds. The van der Waals surface area contributed by atoms with E-state index in [1.165, 1.54) is 4.90 Å². The van der Waals surface area contributed by atoms with E-state index >= 15 is 0 Å². The molecule has 9 nitrogen and oxygen atoms in total. The quantitative estimate of drug-likeness (QED) is 0.203. The van der Waals surface area contributed by atoms with Gasteiger partial charge >= 0.3 is 0 Å². The van der Waals surface area contributed by atoms with Crippen molar-refractivity contribution in [2.75, 3.05) is 26.4 Å². The van der Waals surface area contributed by atoms with E-state index in [1.54, 1.807) is 54.9 Å². The molecule has 0 spiro atoms. The number of amides is 1. The lowest BCUT2D eigenvalue weighted by atomic mass is 9.94. The second-order valence-corrected chi connectivity index (χ2v) is 10.3. The molecule has 9 heteroatoms. The van der Waals surface area contributed by atoms with Gasteiger partial charge in [0, 0.05) is 24.5 Å². The van der Waals surface area contributed by atoms with E-state index in [0.29, 0.717) is 66.5 Å². The summed E-state index contributed by atoms with van der Waals surface area (Å²) in [5, 5.41) is 11.5. The van der Waals surface area contributed by atoms with Gasteiger partial charge in [-0.15, -0.1) is 0 Å². The van der Waals surface area contributed by atoms with Crippen molar-refractivity contribution in [2.24, 2.45) is 5.92 Å². The van der Waals surface area contributed by atoms with Crippen LogP contribution in [0.15, 0.2) is 66.5 Å². The third-order valence-electron chi connectivity index (χ3n) is 6.97. The molecule has 1 saturated heterocycles. The maximum absolute atomic E-state index is 13.5. The normalized spacial score (nSPS) is 17.7. The standard InChI is InChI=1S/C32H34N2O7/c1-4-38-26-16-22(7-9-24(26)39-13-11-20(2)3)29-28(30(35)23-8-10-25-27(17-23)41-15-14-40-25)31(36)32(37)34(29)19-21-6-5-12-33-18-21/h5-10,12,16-18,20,29,35H,4,11,13-15,19H2,1-3H3/t29-/m0/s1. The third-order valence-corrected chi connectivity index (χ3v) is 6.97. The molecular formula is C32H34N2O7. The van der Waals surface area contributed by atoms with Crippen molar-refractivity contribution in [2.45, 2.75) is 39.8 Å². The first-order chi connectivity index (χ1) is 19.9. The molecule has 3 heterocycles. The highest BCUT2D eigenvalue weighted by molar-refractivity contribution is 6.46. The van der Waals surface area contributed by atoms with Crippen molar-refractivity contribution in [3.63, 3.8) is 0 Å².